The Bertz CT molecular complexity index is 529. The Morgan fingerprint density at radius 2 is 2.25 bits per heavy atom. The van der Waals surface area contributed by atoms with Crippen LogP contribution in [-0.2, 0) is 16.6 Å². The van der Waals surface area contributed by atoms with Crippen molar-refractivity contribution < 1.29 is 9.53 Å². The predicted octanol–water partition coefficient (Wildman–Crippen LogP) is 3.17. The second-order valence-electron chi connectivity index (χ2n) is 5.55. The number of carbonyl (C=O) groups excluding carboxylic acids is 1. The lowest BCUT2D eigenvalue weighted by Gasteiger charge is -2.21. The number of aromatic nitrogens is 2. The second-order valence-corrected chi connectivity index (χ2v) is 5.55. The van der Waals surface area contributed by atoms with Gasteiger partial charge in [-0.3, -0.25) is 9.48 Å². The Kier molecular flexibility index (Phi) is 4.63. The van der Waals surface area contributed by atoms with Crippen LogP contribution in [-0.4, -0.2) is 22.4 Å². The Balaban J connectivity index is 2.04. The first-order chi connectivity index (χ1) is 9.52. The van der Waals surface area contributed by atoms with E-state index in [1.165, 1.54) is 16.8 Å². The summed E-state index contributed by atoms with van der Waals surface area (Å²) in [6.07, 6.45) is 5.87. The van der Waals surface area contributed by atoms with Crippen molar-refractivity contribution in [1.29, 1.82) is 0 Å². The highest BCUT2D eigenvalue weighted by Crippen LogP contribution is 2.34. The van der Waals surface area contributed by atoms with Gasteiger partial charge < -0.3 is 4.74 Å². The molecule has 1 heterocycles. The molecular formula is C16H24N2O2. The average Bonchev–Trinajstić information content (AvgIpc) is 2.65. The largest absolute Gasteiger partial charge is 0.466 e. The zero-order chi connectivity index (χ0) is 14.7. The summed E-state index contributed by atoms with van der Waals surface area (Å²) in [6.45, 7) is 6.50. The van der Waals surface area contributed by atoms with Gasteiger partial charge in [0.25, 0.3) is 0 Å². The van der Waals surface area contributed by atoms with Crippen LogP contribution in [0.15, 0.2) is 6.08 Å². The molecule has 110 valence electrons. The quantitative estimate of drug-likeness (QED) is 0.793. The highest BCUT2D eigenvalue weighted by atomic mass is 16.5. The van der Waals surface area contributed by atoms with Crippen molar-refractivity contribution in [3.8, 4) is 0 Å². The van der Waals surface area contributed by atoms with Crippen molar-refractivity contribution in [2.75, 3.05) is 6.61 Å². The van der Waals surface area contributed by atoms with Crippen LogP contribution in [0.4, 0.5) is 0 Å². The van der Waals surface area contributed by atoms with Gasteiger partial charge in [0.15, 0.2) is 0 Å². The molecule has 1 aromatic rings. The lowest BCUT2D eigenvalue weighted by atomic mass is 9.84. The molecule has 1 aliphatic rings. The summed E-state index contributed by atoms with van der Waals surface area (Å²) in [4.78, 5) is 11.5. The number of hydrogen-bond donors (Lipinski definition) is 0. The smallest absolute Gasteiger partial charge is 0.306 e. The fourth-order valence-corrected chi connectivity index (χ4v) is 2.99. The number of allylic oxidation sites excluding steroid dienone is 2. The first-order valence-electron chi connectivity index (χ1n) is 7.38. The van der Waals surface area contributed by atoms with Crippen molar-refractivity contribution >= 4 is 11.5 Å². The molecule has 0 saturated carbocycles. The molecule has 1 aliphatic carbocycles. The summed E-state index contributed by atoms with van der Waals surface area (Å²) in [6, 6.07) is 0. The van der Waals surface area contributed by atoms with Gasteiger partial charge >= 0.3 is 5.97 Å². The maximum atomic E-state index is 11.5. The summed E-state index contributed by atoms with van der Waals surface area (Å²) < 4.78 is 6.97. The van der Waals surface area contributed by atoms with Gasteiger partial charge in [0.1, 0.15) is 0 Å². The fraction of sp³-hybridized carbons (Fsp3) is 0.625. The van der Waals surface area contributed by atoms with E-state index >= 15 is 0 Å². The third-order valence-corrected chi connectivity index (χ3v) is 4.11. The lowest BCUT2D eigenvalue weighted by molar-refractivity contribution is -0.144. The van der Waals surface area contributed by atoms with E-state index in [2.05, 4.69) is 25.0 Å². The standard InChI is InChI=1S/C16H24N2O2/c1-5-20-15(19)10-13-6-8-14(9-7-13)16-11(2)17-18(4)12(16)3/h8,13H,5-7,9-10H2,1-4H3. The molecule has 1 atom stereocenters. The Hall–Kier alpha value is -1.58. The summed E-state index contributed by atoms with van der Waals surface area (Å²) in [5, 5.41) is 4.48. The van der Waals surface area contributed by atoms with Crippen LogP contribution in [0.2, 0.25) is 0 Å². The number of carbonyl (C=O) groups is 1. The summed E-state index contributed by atoms with van der Waals surface area (Å²) >= 11 is 0. The van der Waals surface area contributed by atoms with Crippen LogP contribution in [0, 0.1) is 19.8 Å². The minimum Gasteiger partial charge on any atom is -0.466 e. The van der Waals surface area contributed by atoms with E-state index in [4.69, 9.17) is 4.74 Å². The molecule has 0 spiro atoms. The Morgan fingerprint density at radius 3 is 2.75 bits per heavy atom. The third kappa shape index (κ3) is 3.11. The molecule has 0 bridgehead atoms. The molecular weight excluding hydrogens is 252 g/mol. The first-order valence-corrected chi connectivity index (χ1v) is 7.38. The van der Waals surface area contributed by atoms with Gasteiger partial charge in [-0.1, -0.05) is 6.08 Å². The van der Waals surface area contributed by atoms with Crippen LogP contribution in [0.1, 0.15) is 49.6 Å². The minimum absolute atomic E-state index is 0.0666. The van der Waals surface area contributed by atoms with Crippen LogP contribution in [0.25, 0.3) is 5.57 Å². The zero-order valence-electron chi connectivity index (χ0n) is 12.9. The van der Waals surface area contributed by atoms with E-state index < -0.39 is 0 Å². The molecule has 0 saturated heterocycles. The Morgan fingerprint density at radius 1 is 1.50 bits per heavy atom. The molecule has 0 N–H and O–H groups in total. The van der Waals surface area contributed by atoms with Crippen LogP contribution < -0.4 is 0 Å². The molecule has 4 nitrogen and oxygen atoms in total. The van der Waals surface area contributed by atoms with Crippen molar-refractivity contribution in [2.45, 2.75) is 46.5 Å². The number of rotatable bonds is 4. The van der Waals surface area contributed by atoms with E-state index in [0.717, 1.165) is 25.0 Å². The first kappa shape index (κ1) is 14.8. The summed E-state index contributed by atoms with van der Waals surface area (Å²) in [7, 11) is 1.98. The van der Waals surface area contributed by atoms with Crippen LogP contribution >= 0.6 is 0 Å². The van der Waals surface area contributed by atoms with E-state index in [-0.39, 0.29) is 5.97 Å². The van der Waals surface area contributed by atoms with E-state index in [1.807, 2.05) is 18.7 Å². The highest BCUT2D eigenvalue weighted by Gasteiger charge is 2.22. The molecule has 0 aliphatic heterocycles. The van der Waals surface area contributed by atoms with Crippen LogP contribution in [0.3, 0.4) is 0 Å². The maximum Gasteiger partial charge on any atom is 0.306 e. The number of esters is 1. The minimum atomic E-state index is -0.0666. The summed E-state index contributed by atoms with van der Waals surface area (Å²) in [5.74, 6) is 0.359. The van der Waals surface area contributed by atoms with E-state index in [1.54, 1.807) is 0 Å². The monoisotopic (exact) mass is 276 g/mol. The molecule has 0 fully saturated rings. The second kappa shape index (κ2) is 6.25. The van der Waals surface area contributed by atoms with Gasteiger partial charge in [-0.15, -0.1) is 0 Å². The van der Waals surface area contributed by atoms with Gasteiger partial charge in [-0.2, -0.15) is 5.10 Å². The normalized spacial score (nSPS) is 18.8. The van der Waals surface area contributed by atoms with E-state index in [9.17, 15) is 4.79 Å². The number of ether oxygens (including phenoxy) is 1. The van der Waals surface area contributed by atoms with Crippen molar-refractivity contribution in [1.82, 2.24) is 9.78 Å². The van der Waals surface area contributed by atoms with Gasteiger partial charge in [0, 0.05) is 24.7 Å². The van der Waals surface area contributed by atoms with Gasteiger partial charge in [-0.05, 0) is 51.5 Å². The molecule has 0 amide bonds. The molecule has 0 aromatic carbocycles. The van der Waals surface area contributed by atoms with E-state index in [0.29, 0.717) is 18.9 Å². The summed E-state index contributed by atoms with van der Waals surface area (Å²) in [5.41, 5.74) is 4.99. The van der Waals surface area contributed by atoms with Gasteiger partial charge in [-0.25, -0.2) is 0 Å². The number of hydrogen-bond acceptors (Lipinski definition) is 3. The SMILES string of the molecule is CCOC(=O)CC1CC=C(c2c(C)nn(C)c2C)CC1. The molecule has 20 heavy (non-hydrogen) atoms. The average molecular weight is 276 g/mol. The van der Waals surface area contributed by atoms with Crippen molar-refractivity contribution in [3.63, 3.8) is 0 Å². The van der Waals surface area contributed by atoms with Gasteiger partial charge in [0.05, 0.1) is 12.3 Å². The predicted molar refractivity (Wildman–Crippen MR) is 79.3 cm³/mol. The number of aryl methyl sites for hydroxylation is 2. The number of nitrogens with zero attached hydrogens (tertiary/aromatic N) is 2. The molecule has 2 rings (SSSR count). The zero-order valence-corrected chi connectivity index (χ0v) is 12.9. The molecule has 4 heteroatoms. The van der Waals surface area contributed by atoms with Gasteiger partial charge in [0.2, 0.25) is 0 Å². The molecule has 1 aromatic heterocycles. The fourth-order valence-electron chi connectivity index (χ4n) is 2.99. The maximum absolute atomic E-state index is 11.5. The topological polar surface area (TPSA) is 44.1 Å². The van der Waals surface area contributed by atoms with Crippen molar-refractivity contribution in [2.24, 2.45) is 13.0 Å². The van der Waals surface area contributed by atoms with Crippen molar-refractivity contribution in [3.05, 3.63) is 23.0 Å². The molecule has 1 unspecified atom stereocenters. The van der Waals surface area contributed by atoms with Crippen LogP contribution in [0.5, 0.6) is 0 Å². The Labute approximate surface area is 120 Å². The third-order valence-electron chi connectivity index (χ3n) is 4.11. The molecule has 0 radical (unpaired) electrons. The lowest BCUT2D eigenvalue weighted by Crippen LogP contribution is -2.14. The highest BCUT2D eigenvalue weighted by molar-refractivity contribution is 5.72.